The second-order valence-corrected chi connectivity index (χ2v) is 6.30. The van der Waals surface area contributed by atoms with Gasteiger partial charge in [0.2, 0.25) is 0 Å². The highest BCUT2D eigenvalue weighted by Crippen LogP contribution is 2.15. The fourth-order valence-corrected chi connectivity index (χ4v) is 2.18. The summed E-state index contributed by atoms with van der Waals surface area (Å²) in [7, 11) is 2.03. The van der Waals surface area contributed by atoms with E-state index in [0.29, 0.717) is 6.04 Å². The van der Waals surface area contributed by atoms with E-state index < -0.39 is 0 Å². The van der Waals surface area contributed by atoms with Crippen LogP contribution >= 0.6 is 15.9 Å². The molecular formula is C16H21BrN4. The van der Waals surface area contributed by atoms with E-state index in [1.165, 1.54) is 5.56 Å². The van der Waals surface area contributed by atoms with Crippen molar-refractivity contribution >= 4 is 21.7 Å². The van der Waals surface area contributed by atoms with Crippen LogP contribution in [-0.4, -0.2) is 23.1 Å². The van der Waals surface area contributed by atoms with Gasteiger partial charge < -0.3 is 10.2 Å². The molecule has 2 rings (SSSR count). The van der Waals surface area contributed by atoms with Crippen LogP contribution in [0.5, 0.6) is 0 Å². The highest BCUT2D eigenvalue weighted by molar-refractivity contribution is 9.10. The molecule has 0 unspecified atom stereocenters. The monoisotopic (exact) mass is 348 g/mol. The lowest BCUT2D eigenvalue weighted by atomic mass is 10.2. The average molecular weight is 349 g/mol. The first-order chi connectivity index (χ1) is 10.0. The third-order valence-corrected chi connectivity index (χ3v) is 3.62. The molecule has 2 aromatic rings. The van der Waals surface area contributed by atoms with E-state index in [9.17, 15) is 0 Å². The topological polar surface area (TPSA) is 41.1 Å². The standard InChI is InChI=1S/C16H21BrN4/c1-12(2)19-9-15-8-18-10-16(20-15)21(3)11-13-4-6-14(17)7-5-13/h4-8,10,12,19H,9,11H2,1-3H3. The summed E-state index contributed by atoms with van der Waals surface area (Å²) in [5.74, 6) is 0.890. The second-order valence-electron chi connectivity index (χ2n) is 5.39. The number of hydrogen-bond donors (Lipinski definition) is 1. The van der Waals surface area contributed by atoms with Crippen LogP contribution in [0.1, 0.15) is 25.1 Å². The van der Waals surface area contributed by atoms with E-state index in [1.807, 2.05) is 13.2 Å². The first-order valence-corrected chi connectivity index (χ1v) is 7.84. The molecule has 1 aromatic heterocycles. The Morgan fingerprint density at radius 3 is 2.57 bits per heavy atom. The molecule has 0 aliphatic rings. The summed E-state index contributed by atoms with van der Waals surface area (Å²) in [6, 6.07) is 8.77. The summed E-state index contributed by atoms with van der Waals surface area (Å²) in [6.45, 7) is 5.79. The fraction of sp³-hybridized carbons (Fsp3) is 0.375. The van der Waals surface area contributed by atoms with Gasteiger partial charge in [0.1, 0.15) is 5.82 Å². The van der Waals surface area contributed by atoms with Crippen LogP contribution in [0.25, 0.3) is 0 Å². The SMILES string of the molecule is CC(C)NCc1cncc(N(C)Cc2ccc(Br)cc2)n1. The minimum atomic E-state index is 0.441. The van der Waals surface area contributed by atoms with Crippen LogP contribution in [-0.2, 0) is 13.1 Å². The van der Waals surface area contributed by atoms with Crippen molar-refractivity contribution in [3.63, 3.8) is 0 Å². The summed E-state index contributed by atoms with van der Waals surface area (Å²) in [6.07, 6.45) is 3.62. The van der Waals surface area contributed by atoms with E-state index in [1.54, 1.807) is 6.20 Å². The highest BCUT2D eigenvalue weighted by atomic mass is 79.9. The van der Waals surface area contributed by atoms with Crippen molar-refractivity contribution in [1.82, 2.24) is 15.3 Å². The molecule has 0 spiro atoms. The summed E-state index contributed by atoms with van der Waals surface area (Å²) in [5.41, 5.74) is 2.21. The minimum absolute atomic E-state index is 0.441. The fourth-order valence-electron chi connectivity index (χ4n) is 1.92. The van der Waals surface area contributed by atoms with Crippen LogP contribution in [0.2, 0.25) is 0 Å². The number of nitrogens with zero attached hydrogens (tertiary/aromatic N) is 3. The first kappa shape index (κ1) is 15.9. The Balaban J connectivity index is 2.03. The van der Waals surface area contributed by atoms with E-state index in [2.05, 4.69) is 74.2 Å². The maximum Gasteiger partial charge on any atom is 0.147 e. The molecule has 0 atom stereocenters. The van der Waals surface area contributed by atoms with Gasteiger partial charge in [0.15, 0.2) is 0 Å². The zero-order valence-corrected chi connectivity index (χ0v) is 14.3. The molecule has 5 heteroatoms. The third kappa shape index (κ3) is 5.10. The lowest BCUT2D eigenvalue weighted by molar-refractivity contribution is 0.580. The van der Waals surface area contributed by atoms with Crippen molar-refractivity contribution in [3.05, 3.63) is 52.4 Å². The van der Waals surface area contributed by atoms with Gasteiger partial charge >= 0.3 is 0 Å². The van der Waals surface area contributed by atoms with Gasteiger partial charge in [-0.15, -0.1) is 0 Å². The molecule has 0 aliphatic carbocycles. The summed E-state index contributed by atoms with van der Waals surface area (Å²) >= 11 is 3.45. The minimum Gasteiger partial charge on any atom is -0.354 e. The van der Waals surface area contributed by atoms with Crippen LogP contribution in [0, 0.1) is 0 Å². The largest absolute Gasteiger partial charge is 0.354 e. The molecule has 112 valence electrons. The number of hydrogen-bond acceptors (Lipinski definition) is 4. The molecule has 0 fully saturated rings. The summed E-state index contributed by atoms with van der Waals surface area (Å²) in [5, 5.41) is 3.36. The third-order valence-electron chi connectivity index (χ3n) is 3.09. The maximum absolute atomic E-state index is 4.65. The molecular weight excluding hydrogens is 328 g/mol. The molecule has 0 radical (unpaired) electrons. The van der Waals surface area contributed by atoms with Gasteiger partial charge in [-0.2, -0.15) is 0 Å². The molecule has 21 heavy (non-hydrogen) atoms. The Kier molecular flexibility index (Phi) is 5.70. The number of halogens is 1. The average Bonchev–Trinajstić information content (AvgIpc) is 2.48. The lowest BCUT2D eigenvalue weighted by Crippen LogP contribution is -2.23. The van der Waals surface area contributed by atoms with Gasteiger partial charge in [0.25, 0.3) is 0 Å². The Morgan fingerprint density at radius 2 is 1.90 bits per heavy atom. The van der Waals surface area contributed by atoms with Gasteiger partial charge in [0, 0.05) is 36.8 Å². The van der Waals surface area contributed by atoms with Gasteiger partial charge in [-0.25, -0.2) is 4.98 Å². The molecule has 0 saturated heterocycles. The van der Waals surface area contributed by atoms with E-state index in [0.717, 1.165) is 29.1 Å². The zero-order valence-electron chi connectivity index (χ0n) is 12.7. The van der Waals surface area contributed by atoms with Crippen molar-refractivity contribution < 1.29 is 0 Å². The van der Waals surface area contributed by atoms with Crippen molar-refractivity contribution in [2.75, 3.05) is 11.9 Å². The molecule has 4 nitrogen and oxygen atoms in total. The van der Waals surface area contributed by atoms with Crippen LogP contribution in [0.3, 0.4) is 0 Å². The van der Waals surface area contributed by atoms with Gasteiger partial charge in [-0.1, -0.05) is 41.9 Å². The highest BCUT2D eigenvalue weighted by Gasteiger charge is 2.06. The number of nitrogens with one attached hydrogen (secondary N) is 1. The predicted molar refractivity (Wildman–Crippen MR) is 90.3 cm³/mol. The maximum atomic E-state index is 4.65. The van der Waals surface area contributed by atoms with Crippen molar-refractivity contribution in [2.24, 2.45) is 0 Å². The van der Waals surface area contributed by atoms with Crippen molar-refractivity contribution in [2.45, 2.75) is 33.0 Å². The lowest BCUT2D eigenvalue weighted by Gasteiger charge is -2.18. The second kappa shape index (κ2) is 7.52. The molecule has 0 saturated carbocycles. The van der Waals surface area contributed by atoms with Crippen LogP contribution < -0.4 is 10.2 Å². The Bertz CT molecular complexity index is 569. The zero-order chi connectivity index (χ0) is 15.2. The molecule has 1 N–H and O–H groups in total. The van der Waals surface area contributed by atoms with E-state index in [4.69, 9.17) is 0 Å². The Labute approximate surface area is 134 Å². The van der Waals surface area contributed by atoms with Gasteiger partial charge in [-0.05, 0) is 17.7 Å². The van der Waals surface area contributed by atoms with E-state index in [-0.39, 0.29) is 0 Å². The number of rotatable bonds is 6. The van der Waals surface area contributed by atoms with Gasteiger partial charge in [0.05, 0.1) is 11.9 Å². The number of aromatic nitrogens is 2. The van der Waals surface area contributed by atoms with Crippen molar-refractivity contribution in [3.8, 4) is 0 Å². The molecule has 0 amide bonds. The normalized spacial score (nSPS) is 10.9. The van der Waals surface area contributed by atoms with Crippen LogP contribution in [0.4, 0.5) is 5.82 Å². The van der Waals surface area contributed by atoms with Crippen molar-refractivity contribution in [1.29, 1.82) is 0 Å². The Hall–Kier alpha value is -1.46. The molecule has 0 aliphatic heterocycles. The van der Waals surface area contributed by atoms with Crippen LogP contribution in [0.15, 0.2) is 41.1 Å². The molecule has 0 bridgehead atoms. The molecule has 1 heterocycles. The van der Waals surface area contributed by atoms with Gasteiger partial charge in [-0.3, -0.25) is 4.98 Å². The summed E-state index contributed by atoms with van der Waals surface area (Å²) in [4.78, 5) is 11.0. The number of anilines is 1. The number of benzene rings is 1. The molecule has 1 aromatic carbocycles. The summed E-state index contributed by atoms with van der Waals surface area (Å²) < 4.78 is 1.09. The smallest absolute Gasteiger partial charge is 0.147 e. The first-order valence-electron chi connectivity index (χ1n) is 7.04. The predicted octanol–water partition coefficient (Wildman–Crippen LogP) is 3.37. The van der Waals surface area contributed by atoms with E-state index >= 15 is 0 Å². The quantitative estimate of drug-likeness (QED) is 0.868. The Morgan fingerprint density at radius 1 is 1.19 bits per heavy atom.